The molecular formula is C36H28N2O4. The number of nitrogens with zero attached hydrogens (tertiary/aromatic N) is 2. The summed E-state index contributed by atoms with van der Waals surface area (Å²) in [6.07, 6.45) is 0. The van der Waals surface area contributed by atoms with Gasteiger partial charge in [-0.2, -0.15) is 0 Å². The van der Waals surface area contributed by atoms with Crippen molar-refractivity contribution in [3.8, 4) is 34.1 Å². The van der Waals surface area contributed by atoms with Gasteiger partial charge in [0, 0.05) is 34.1 Å². The maximum absolute atomic E-state index is 9.81. The molecule has 0 amide bonds. The molecule has 0 radical (unpaired) electrons. The van der Waals surface area contributed by atoms with Crippen LogP contribution in [0, 0.1) is 0 Å². The van der Waals surface area contributed by atoms with Gasteiger partial charge in [-0.25, -0.2) is 0 Å². The molecule has 0 atom stereocenters. The summed E-state index contributed by atoms with van der Waals surface area (Å²) in [5.74, 6) is 0.769. The summed E-state index contributed by atoms with van der Waals surface area (Å²) in [5, 5.41) is 39.2. The van der Waals surface area contributed by atoms with Crippen molar-refractivity contribution in [3.63, 3.8) is 0 Å². The van der Waals surface area contributed by atoms with E-state index in [1.54, 1.807) is 48.5 Å². The predicted octanol–water partition coefficient (Wildman–Crippen LogP) is 9.12. The Labute approximate surface area is 243 Å². The molecule has 0 aliphatic heterocycles. The number of hydrogen-bond acceptors (Lipinski definition) is 6. The standard InChI is InChI=1S/C36H28N2O4/c39-33-17-9-29(10-18-33)37(30-11-19-34(40)20-12-30)27-5-1-25(2-6-27)26-3-7-28(8-4-26)38(31-13-21-35(41)22-14-31)32-15-23-36(42)24-16-32/h1-24,39-42H. The highest BCUT2D eigenvalue weighted by molar-refractivity contribution is 5.81. The Morgan fingerprint density at radius 1 is 0.238 bits per heavy atom. The first-order valence-electron chi connectivity index (χ1n) is 13.4. The van der Waals surface area contributed by atoms with Gasteiger partial charge >= 0.3 is 0 Å². The van der Waals surface area contributed by atoms with Gasteiger partial charge in [0.1, 0.15) is 23.0 Å². The molecule has 6 heteroatoms. The number of phenolic OH excluding ortho intramolecular Hbond substituents is 4. The normalized spacial score (nSPS) is 10.8. The molecule has 6 aromatic rings. The van der Waals surface area contributed by atoms with E-state index in [1.807, 2.05) is 72.8 Å². The van der Waals surface area contributed by atoms with Crippen LogP contribution in [0.5, 0.6) is 23.0 Å². The Kier molecular flexibility index (Phi) is 7.10. The minimum Gasteiger partial charge on any atom is -0.508 e. The Bertz CT molecular complexity index is 1540. The third-order valence-corrected chi connectivity index (χ3v) is 7.02. The van der Waals surface area contributed by atoms with Crippen LogP contribution in [0.2, 0.25) is 0 Å². The lowest BCUT2D eigenvalue weighted by atomic mass is 10.0. The zero-order valence-corrected chi connectivity index (χ0v) is 22.5. The van der Waals surface area contributed by atoms with Gasteiger partial charge in [-0.3, -0.25) is 0 Å². The first-order valence-corrected chi connectivity index (χ1v) is 13.4. The van der Waals surface area contributed by atoms with Gasteiger partial charge in [-0.1, -0.05) is 24.3 Å². The van der Waals surface area contributed by atoms with Crippen molar-refractivity contribution in [2.75, 3.05) is 9.80 Å². The molecule has 0 aliphatic rings. The minimum absolute atomic E-state index is 0.192. The quantitative estimate of drug-likeness (QED) is 0.158. The van der Waals surface area contributed by atoms with Gasteiger partial charge in [-0.15, -0.1) is 0 Å². The van der Waals surface area contributed by atoms with E-state index < -0.39 is 0 Å². The molecule has 42 heavy (non-hydrogen) atoms. The molecule has 0 heterocycles. The summed E-state index contributed by atoms with van der Waals surface area (Å²) in [6, 6.07) is 44.4. The highest BCUT2D eigenvalue weighted by Gasteiger charge is 2.15. The van der Waals surface area contributed by atoms with E-state index in [0.29, 0.717) is 0 Å². The zero-order valence-electron chi connectivity index (χ0n) is 22.5. The average molecular weight is 553 g/mol. The van der Waals surface area contributed by atoms with Crippen LogP contribution in [0.1, 0.15) is 0 Å². The number of hydrogen-bond donors (Lipinski definition) is 4. The van der Waals surface area contributed by atoms with Crippen molar-refractivity contribution < 1.29 is 20.4 Å². The highest BCUT2D eigenvalue weighted by atomic mass is 16.3. The SMILES string of the molecule is Oc1ccc(N(c2ccc(O)cc2)c2ccc(-c3ccc(N(c4ccc(O)cc4)c4ccc(O)cc4)cc3)cc2)cc1. The Balaban J connectivity index is 1.31. The van der Waals surface area contributed by atoms with Crippen LogP contribution < -0.4 is 9.80 Å². The van der Waals surface area contributed by atoms with Gasteiger partial charge < -0.3 is 30.2 Å². The molecule has 0 saturated heterocycles. The topological polar surface area (TPSA) is 87.4 Å². The molecule has 6 aromatic carbocycles. The monoisotopic (exact) mass is 552 g/mol. The van der Waals surface area contributed by atoms with Gasteiger partial charge in [0.2, 0.25) is 0 Å². The van der Waals surface area contributed by atoms with E-state index in [0.717, 1.165) is 45.3 Å². The molecule has 0 saturated carbocycles. The number of phenols is 4. The summed E-state index contributed by atoms with van der Waals surface area (Å²) in [6.45, 7) is 0. The zero-order chi connectivity index (χ0) is 29.1. The molecule has 0 aliphatic carbocycles. The molecular weight excluding hydrogens is 524 g/mol. The van der Waals surface area contributed by atoms with Crippen molar-refractivity contribution in [1.82, 2.24) is 0 Å². The molecule has 4 N–H and O–H groups in total. The lowest BCUT2D eigenvalue weighted by molar-refractivity contribution is 0.474. The second-order valence-electron chi connectivity index (χ2n) is 9.83. The number of benzene rings is 6. The van der Waals surface area contributed by atoms with Crippen LogP contribution in [0.4, 0.5) is 34.1 Å². The first-order chi connectivity index (χ1) is 20.4. The highest BCUT2D eigenvalue weighted by Crippen LogP contribution is 2.39. The van der Waals surface area contributed by atoms with Crippen molar-refractivity contribution in [1.29, 1.82) is 0 Å². The van der Waals surface area contributed by atoms with E-state index in [4.69, 9.17) is 0 Å². The van der Waals surface area contributed by atoms with E-state index in [2.05, 4.69) is 34.1 Å². The maximum Gasteiger partial charge on any atom is 0.115 e. The molecule has 0 bridgehead atoms. The van der Waals surface area contributed by atoms with Crippen LogP contribution >= 0.6 is 0 Å². The fourth-order valence-electron chi connectivity index (χ4n) is 4.91. The van der Waals surface area contributed by atoms with E-state index >= 15 is 0 Å². The fraction of sp³-hybridized carbons (Fsp3) is 0. The Morgan fingerprint density at radius 3 is 0.595 bits per heavy atom. The summed E-state index contributed by atoms with van der Waals surface area (Å²) in [7, 11) is 0. The van der Waals surface area contributed by atoms with Gasteiger partial charge in [0.15, 0.2) is 0 Å². The lowest BCUT2D eigenvalue weighted by Gasteiger charge is -2.26. The minimum atomic E-state index is 0.192. The van der Waals surface area contributed by atoms with Crippen LogP contribution in [-0.2, 0) is 0 Å². The summed E-state index contributed by atoms with van der Waals surface area (Å²) >= 11 is 0. The number of aromatic hydroxyl groups is 4. The maximum atomic E-state index is 9.81. The van der Waals surface area contributed by atoms with Crippen molar-refractivity contribution in [3.05, 3.63) is 146 Å². The molecule has 0 fully saturated rings. The third-order valence-electron chi connectivity index (χ3n) is 7.02. The van der Waals surface area contributed by atoms with E-state index in [1.165, 1.54) is 0 Å². The second kappa shape index (κ2) is 11.3. The van der Waals surface area contributed by atoms with Crippen molar-refractivity contribution in [2.24, 2.45) is 0 Å². The molecule has 0 spiro atoms. The summed E-state index contributed by atoms with van der Waals surface area (Å²) in [5.41, 5.74) is 7.44. The fourth-order valence-corrected chi connectivity index (χ4v) is 4.91. The largest absolute Gasteiger partial charge is 0.508 e. The summed E-state index contributed by atoms with van der Waals surface area (Å²) in [4.78, 5) is 4.11. The predicted molar refractivity (Wildman–Crippen MR) is 168 cm³/mol. The number of anilines is 6. The third kappa shape index (κ3) is 5.55. The smallest absolute Gasteiger partial charge is 0.115 e. The number of rotatable bonds is 7. The lowest BCUT2D eigenvalue weighted by Crippen LogP contribution is -2.09. The van der Waals surface area contributed by atoms with Crippen LogP contribution in [0.3, 0.4) is 0 Å². The van der Waals surface area contributed by atoms with Crippen LogP contribution in [-0.4, -0.2) is 20.4 Å². The van der Waals surface area contributed by atoms with Crippen molar-refractivity contribution in [2.45, 2.75) is 0 Å². The average Bonchev–Trinajstić information content (AvgIpc) is 3.02. The molecule has 0 aromatic heterocycles. The van der Waals surface area contributed by atoms with Gasteiger partial charge in [0.25, 0.3) is 0 Å². The summed E-state index contributed by atoms with van der Waals surface area (Å²) < 4.78 is 0. The Morgan fingerprint density at radius 2 is 0.405 bits per heavy atom. The van der Waals surface area contributed by atoms with Crippen LogP contribution in [0.15, 0.2) is 146 Å². The molecule has 6 rings (SSSR count). The van der Waals surface area contributed by atoms with Gasteiger partial charge in [0.05, 0.1) is 0 Å². The molecule has 206 valence electrons. The van der Waals surface area contributed by atoms with E-state index in [9.17, 15) is 20.4 Å². The van der Waals surface area contributed by atoms with E-state index in [-0.39, 0.29) is 23.0 Å². The second-order valence-corrected chi connectivity index (χ2v) is 9.83. The van der Waals surface area contributed by atoms with Crippen LogP contribution in [0.25, 0.3) is 11.1 Å². The Hall–Kier alpha value is -5.88. The first kappa shape index (κ1) is 26.3. The van der Waals surface area contributed by atoms with Gasteiger partial charge in [-0.05, 0) is 132 Å². The molecule has 0 unspecified atom stereocenters. The molecule has 6 nitrogen and oxygen atoms in total. The van der Waals surface area contributed by atoms with Crippen molar-refractivity contribution >= 4 is 34.1 Å².